The van der Waals surface area contributed by atoms with E-state index in [1.165, 1.54) is 6.20 Å². The molecule has 1 aromatic heterocycles. The first-order valence-electron chi connectivity index (χ1n) is 5.18. The first kappa shape index (κ1) is 12.3. The lowest BCUT2D eigenvalue weighted by atomic mass is 10.2. The average Bonchev–Trinajstić information content (AvgIpc) is 2.38. The average molecular weight is 263 g/mol. The molecule has 2 rings (SSSR count). The van der Waals surface area contributed by atoms with Gasteiger partial charge in [-0.15, -0.1) is 0 Å². The molecule has 0 aliphatic carbocycles. The van der Waals surface area contributed by atoms with Crippen LogP contribution in [0.25, 0.3) is 0 Å². The molecule has 6 heteroatoms. The van der Waals surface area contributed by atoms with Gasteiger partial charge in [-0.05, 0) is 24.3 Å². The zero-order valence-corrected chi connectivity index (χ0v) is 10.1. The molecule has 5 nitrogen and oxygen atoms in total. The Kier molecular flexibility index (Phi) is 3.76. The SMILES string of the molecule is NNc1ccncc1C(=O)Nc1cccc(Cl)c1. The predicted molar refractivity (Wildman–Crippen MR) is 71.5 cm³/mol. The van der Waals surface area contributed by atoms with E-state index in [1.54, 1.807) is 36.5 Å². The van der Waals surface area contributed by atoms with Gasteiger partial charge in [0.05, 0.1) is 11.3 Å². The molecule has 0 fully saturated rings. The Balaban J connectivity index is 2.22. The lowest BCUT2D eigenvalue weighted by molar-refractivity contribution is 0.102. The predicted octanol–water partition coefficient (Wildman–Crippen LogP) is 2.27. The van der Waals surface area contributed by atoms with Crippen molar-refractivity contribution < 1.29 is 4.79 Å². The number of hydrazine groups is 1. The van der Waals surface area contributed by atoms with Crippen LogP contribution in [0.15, 0.2) is 42.7 Å². The summed E-state index contributed by atoms with van der Waals surface area (Å²) in [6.07, 6.45) is 2.99. The summed E-state index contributed by atoms with van der Waals surface area (Å²) in [6.45, 7) is 0. The summed E-state index contributed by atoms with van der Waals surface area (Å²) < 4.78 is 0. The number of aromatic nitrogens is 1. The van der Waals surface area contributed by atoms with E-state index >= 15 is 0 Å². The van der Waals surface area contributed by atoms with Gasteiger partial charge in [0.15, 0.2) is 0 Å². The molecule has 1 heterocycles. The van der Waals surface area contributed by atoms with Crippen LogP contribution >= 0.6 is 11.6 Å². The van der Waals surface area contributed by atoms with Crippen LogP contribution in [0.1, 0.15) is 10.4 Å². The fourth-order valence-electron chi connectivity index (χ4n) is 1.47. The van der Waals surface area contributed by atoms with E-state index in [2.05, 4.69) is 15.7 Å². The number of amides is 1. The zero-order valence-electron chi connectivity index (χ0n) is 9.35. The van der Waals surface area contributed by atoms with Crippen molar-refractivity contribution in [1.82, 2.24) is 4.98 Å². The molecule has 18 heavy (non-hydrogen) atoms. The van der Waals surface area contributed by atoms with E-state index in [0.717, 1.165) is 0 Å². The number of hydrogen-bond acceptors (Lipinski definition) is 4. The van der Waals surface area contributed by atoms with Gasteiger partial charge in [-0.3, -0.25) is 15.6 Å². The van der Waals surface area contributed by atoms with Crippen molar-refractivity contribution in [3.63, 3.8) is 0 Å². The van der Waals surface area contributed by atoms with Crippen LogP contribution in [0.2, 0.25) is 5.02 Å². The summed E-state index contributed by atoms with van der Waals surface area (Å²) >= 11 is 5.84. The van der Waals surface area contributed by atoms with Crippen molar-refractivity contribution in [3.05, 3.63) is 53.3 Å². The highest BCUT2D eigenvalue weighted by molar-refractivity contribution is 6.31. The summed E-state index contributed by atoms with van der Waals surface area (Å²) in [5.74, 6) is 5.02. The summed E-state index contributed by atoms with van der Waals surface area (Å²) in [7, 11) is 0. The Morgan fingerprint density at radius 3 is 2.89 bits per heavy atom. The van der Waals surface area contributed by atoms with E-state index in [4.69, 9.17) is 17.4 Å². The Morgan fingerprint density at radius 1 is 1.33 bits per heavy atom. The van der Waals surface area contributed by atoms with Crippen LogP contribution in [0.5, 0.6) is 0 Å². The van der Waals surface area contributed by atoms with Crippen LogP contribution in [0, 0.1) is 0 Å². The molecular weight excluding hydrogens is 252 g/mol. The highest BCUT2D eigenvalue weighted by Gasteiger charge is 2.11. The van der Waals surface area contributed by atoms with E-state index in [9.17, 15) is 4.79 Å². The smallest absolute Gasteiger partial charge is 0.259 e. The standard InChI is InChI=1S/C12H11ClN4O/c13-8-2-1-3-9(6-8)16-12(18)10-7-15-5-4-11(10)17-14/h1-7H,14H2,(H,15,17)(H,16,18). The molecule has 0 radical (unpaired) electrons. The van der Waals surface area contributed by atoms with Gasteiger partial charge in [0, 0.05) is 23.1 Å². The summed E-state index contributed by atoms with van der Waals surface area (Å²) in [4.78, 5) is 15.9. The van der Waals surface area contributed by atoms with Crippen molar-refractivity contribution in [1.29, 1.82) is 0 Å². The molecule has 0 saturated heterocycles. The Labute approximate surface area is 109 Å². The topological polar surface area (TPSA) is 80.0 Å². The number of nitrogens with one attached hydrogen (secondary N) is 2. The number of hydrogen-bond donors (Lipinski definition) is 3. The number of carbonyl (C=O) groups is 1. The van der Waals surface area contributed by atoms with Crippen molar-refractivity contribution in [3.8, 4) is 0 Å². The molecule has 1 aromatic carbocycles. The van der Waals surface area contributed by atoms with Crippen LogP contribution in [-0.4, -0.2) is 10.9 Å². The number of pyridine rings is 1. The molecular formula is C12H11ClN4O. The maximum absolute atomic E-state index is 12.0. The van der Waals surface area contributed by atoms with Gasteiger partial charge in [-0.25, -0.2) is 0 Å². The molecule has 0 spiro atoms. The van der Waals surface area contributed by atoms with Crippen LogP contribution in [0.3, 0.4) is 0 Å². The normalized spacial score (nSPS) is 9.89. The van der Waals surface area contributed by atoms with Crippen LogP contribution < -0.4 is 16.6 Å². The maximum atomic E-state index is 12.0. The van der Waals surface area contributed by atoms with E-state index in [1.807, 2.05) is 0 Å². The van der Waals surface area contributed by atoms with Gasteiger partial charge in [0.1, 0.15) is 0 Å². The van der Waals surface area contributed by atoms with Crippen molar-refractivity contribution in [2.45, 2.75) is 0 Å². The van der Waals surface area contributed by atoms with Crippen LogP contribution in [-0.2, 0) is 0 Å². The molecule has 4 N–H and O–H groups in total. The largest absolute Gasteiger partial charge is 0.323 e. The fraction of sp³-hybridized carbons (Fsp3) is 0. The molecule has 0 aliphatic rings. The molecule has 1 amide bonds. The minimum atomic E-state index is -0.307. The first-order chi connectivity index (χ1) is 8.70. The number of nitrogens with zero attached hydrogens (tertiary/aromatic N) is 1. The molecule has 0 bridgehead atoms. The highest BCUT2D eigenvalue weighted by Crippen LogP contribution is 2.18. The number of carbonyl (C=O) groups excluding carboxylic acids is 1. The summed E-state index contributed by atoms with van der Waals surface area (Å²) in [5, 5.41) is 3.27. The fourth-order valence-corrected chi connectivity index (χ4v) is 1.66. The maximum Gasteiger partial charge on any atom is 0.259 e. The van der Waals surface area contributed by atoms with Gasteiger partial charge in [0.25, 0.3) is 5.91 Å². The second-order valence-corrected chi connectivity index (χ2v) is 3.97. The third-order valence-corrected chi connectivity index (χ3v) is 2.54. The van der Waals surface area contributed by atoms with Gasteiger partial charge in [0.2, 0.25) is 0 Å². The molecule has 0 atom stereocenters. The van der Waals surface area contributed by atoms with Crippen molar-refractivity contribution in [2.75, 3.05) is 10.7 Å². The van der Waals surface area contributed by atoms with Crippen molar-refractivity contribution >= 4 is 28.9 Å². The number of nitrogens with two attached hydrogens (primary N) is 1. The monoisotopic (exact) mass is 262 g/mol. The van der Waals surface area contributed by atoms with E-state index in [0.29, 0.717) is 22.0 Å². The lowest BCUT2D eigenvalue weighted by Gasteiger charge is -2.09. The first-order valence-corrected chi connectivity index (χ1v) is 5.56. The number of benzene rings is 1. The minimum absolute atomic E-state index is 0.307. The molecule has 0 unspecified atom stereocenters. The molecule has 0 saturated carbocycles. The highest BCUT2D eigenvalue weighted by atomic mass is 35.5. The quantitative estimate of drug-likeness (QED) is 0.586. The zero-order chi connectivity index (χ0) is 13.0. The second-order valence-electron chi connectivity index (χ2n) is 3.53. The third kappa shape index (κ3) is 2.77. The number of nitrogen functional groups attached to an aromatic ring is 1. The molecule has 92 valence electrons. The van der Waals surface area contributed by atoms with Gasteiger partial charge >= 0.3 is 0 Å². The number of anilines is 2. The van der Waals surface area contributed by atoms with E-state index < -0.39 is 0 Å². The van der Waals surface area contributed by atoms with Crippen LogP contribution in [0.4, 0.5) is 11.4 Å². The number of rotatable bonds is 3. The van der Waals surface area contributed by atoms with Gasteiger partial charge in [-0.1, -0.05) is 17.7 Å². The Morgan fingerprint density at radius 2 is 2.17 bits per heavy atom. The second kappa shape index (κ2) is 5.48. The van der Waals surface area contributed by atoms with Gasteiger partial charge in [-0.2, -0.15) is 0 Å². The van der Waals surface area contributed by atoms with E-state index in [-0.39, 0.29) is 5.91 Å². The Bertz CT molecular complexity index is 574. The minimum Gasteiger partial charge on any atom is -0.323 e. The third-order valence-electron chi connectivity index (χ3n) is 2.30. The number of halogens is 1. The Hall–Kier alpha value is -2.11. The lowest BCUT2D eigenvalue weighted by Crippen LogP contribution is -2.17. The summed E-state index contributed by atoms with van der Waals surface area (Å²) in [6, 6.07) is 8.51. The summed E-state index contributed by atoms with van der Waals surface area (Å²) in [5.41, 5.74) is 3.92. The van der Waals surface area contributed by atoms with Gasteiger partial charge < -0.3 is 10.7 Å². The molecule has 0 aliphatic heterocycles. The van der Waals surface area contributed by atoms with Crippen molar-refractivity contribution in [2.24, 2.45) is 5.84 Å². The molecule has 2 aromatic rings.